The van der Waals surface area contributed by atoms with Crippen LogP contribution in [0.3, 0.4) is 0 Å². The molecule has 0 spiro atoms. The Kier molecular flexibility index (Phi) is 5.11. The van der Waals surface area contributed by atoms with Crippen LogP contribution in [0, 0.1) is 0 Å². The fraction of sp³-hybridized carbons (Fsp3) is 0.217. The van der Waals surface area contributed by atoms with E-state index < -0.39 is 0 Å². The lowest BCUT2D eigenvalue weighted by atomic mass is 10.1. The van der Waals surface area contributed by atoms with Crippen LogP contribution in [0.1, 0.15) is 19.3 Å². The number of aromatic nitrogens is 3. The summed E-state index contributed by atoms with van der Waals surface area (Å²) >= 11 is 1.59. The second-order valence-electron chi connectivity index (χ2n) is 7.32. The smallest absolute Gasteiger partial charge is 0.242 e. The summed E-state index contributed by atoms with van der Waals surface area (Å²) in [6.45, 7) is 0.727. The first-order valence-electron chi connectivity index (χ1n) is 10.1. The summed E-state index contributed by atoms with van der Waals surface area (Å²) in [6.07, 6.45) is 6.27. The third-order valence-corrected chi connectivity index (χ3v) is 6.16. The number of carbonyl (C=O) groups is 1. The van der Waals surface area contributed by atoms with Gasteiger partial charge in [-0.05, 0) is 37.0 Å². The van der Waals surface area contributed by atoms with E-state index in [1.165, 1.54) is 0 Å². The van der Waals surface area contributed by atoms with Crippen molar-refractivity contribution in [3.8, 4) is 22.5 Å². The molecule has 1 saturated heterocycles. The van der Waals surface area contributed by atoms with Gasteiger partial charge in [0.15, 0.2) is 5.82 Å². The second kappa shape index (κ2) is 8.20. The van der Waals surface area contributed by atoms with Gasteiger partial charge in [0, 0.05) is 35.4 Å². The largest absolute Gasteiger partial charge is 0.358 e. The third kappa shape index (κ3) is 3.64. The van der Waals surface area contributed by atoms with Crippen LogP contribution in [0.25, 0.3) is 32.7 Å². The summed E-state index contributed by atoms with van der Waals surface area (Å²) < 4.78 is 0. The van der Waals surface area contributed by atoms with Crippen LogP contribution in [-0.4, -0.2) is 33.4 Å². The summed E-state index contributed by atoms with van der Waals surface area (Å²) in [4.78, 5) is 27.3. The van der Waals surface area contributed by atoms with Gasteiger partial charge >= 0.3 is 0 Å². The van der Waals surface area contributed by atoms with E-state index in [-0.39, 0.29) is 11.9 Å². The van der Waals surface area contributed by atoms with Crippen LogP contribution in [0.4, 0.5) is 5.82 Å². The van der Waals surface area contributed by atoms with E-state index in [9.17, 15) is 4.79 Å². The fourth-order valence-corrected chi connectivity index (χ4v) is 4.69. The molecule has 4 aromatic rings. The van der Waals surface area contributed by atoms with Crippen molar-refractivity contribution in [1.29, 1.82) is 0 Å². The van der Waals surface area contributed by atoms with E-state index in [4.69, 9.17) is 9.97 Å². The Morgan fingerprint density at radius 3 is 2.73 bits per heavy atom. The molecule has 6 nitrogen and oxygen atoms in total. The molecule has 1 amide bonds. The lowest BCUT2D eigenvalue weighted by molar-refractivity contribution is -0.121. The molecule has 0 saturated carbocycles. The highest BCUT2D eigenvalue weighted by Crippen LogP contribution is 2.38. The Labute approximate surface area is 178 Å². The second-order valence-corrected chi connectivity index (χ2v) is 8.17. The van der Waals surface area contributed by atoms with Crippen LogP contribution in [0.5, 0.6) is 0 Å². The normalized spacial score (nSPS) is 16.8. The number of hydrogen-bond donors (Lipinski definition) is 2. The molecule has 5 rings (SSSR count). The molecular formula is C23H21N5OS. The Bertz CT molecular complexity index is 1180. The summed E-state index contributed by atoms with van der Waals surface area (Å²) in [5.41, 5.74) is 3.03. The van der Waals surface area contributed by atoms with Crippen molar-refractivity contribution in [3.05, 3.63) is 60.2 Å². The van der Waals surface area contributed by atoms with Gasteiger partial charge in [0.25, 0.3) is 0 Å². The molecule has 0 aliphatic carbocycles. The topological polar surface area (TPSA) is 79.8 Å². The fourth-order valence-electron chi connectivity index (χ4n) is 3.74. The summed E-state index contributed by atoms with van der Waals surface area (Å²) in [5, 5.41) is 9.51. The van der Waals surface area contributed by atoms with Gasteiger partial charge in [0.1, 0.15) is 16.7 Å². The summed E-state index contributed by atoms with van der Waals surface area (Å²) in [6, 6.07) is 13.7. The van der Waals surface area contributed by atoms with Crippen LogP contribution in [-0.2, 0) is 4.79 Å². The van der Waals surface area contributed by atoms with Crippen molar-refractivity contribution in [3.63, 3.8) is 0 Å². The molecule has 1 aliphatic heterocycles. The van der Waals surface area contributed by atoms with Crippen molar-refractivity contribution in [2.24, 2.45) is 0 Å². The third-order valence-electron chi connectivity index (χ3n) is 5.28. The number of benzene rings is 1. The van der Waals surface area contributed by atoms with Gasteiger partial charge in [-0.2, -0.15) is 0 Å². The molecule has 7 heteroatoms. The van der Waals surface area contributed by atoms with Crippen LogP contribution >= 0.6 is 11.3 Å². The first-order valence-corrected chi connectivity index (χ1v) is 11.0. The van der Waals surface area contributed by atoms with E-state index in [1.54, 1.807) is 23.7 Å². The molecule has 4 heterocycles. The minimum atomic E-state index is -0.309. The molecule has 2 N–H and O–H groups in total. The lowest BCUT2D eigenvalue weighted by Gasteiger charge is -2.17. The van der Waals surface area contributed by atoms with E-state index >= 15 is 0 Å². The number of carbonyl (C=O) groups excluding carboxylic acids is 1. The van der Waals surface area contributed by atoms with Crippen molar-refractivity contribution in [2.45, 2.75) is 25.3 Å². The number of thiophene rings is 1. The predicted octanol–water partition coefficient (Wildman–Crippen LogP) is 4.50. The number of nitrogens with one attached hydrogen (secondary N) is 2. The van der Waals surface area contributed by atoms with Gasteiger partial charge in [-0.15, -0.1) is 11.3 Å². The number of nitrogens with zero attached hydrogens (tertiary/aromatic N) is 3. The minimum Gasteiger partial charge on any atom is -0.358 e. The molecule has 150 valence electrons. The number of anilines is 1. The number of pyridine rings is 1. The number of fused-ring (bicyclic) bond motifs is 1. The highest BCUT2D eigenvalue weighted by molar-refractivity contribution is 7.17. The van der Waals surface area contributed by atoms with E-state index in [1.807, 2.05) is 30.3 Å². The molecule has 1 atom stereocenters. The quantitative estimate of drug-likeness (QED) is 0.513. The SMILES string of the molecule is O=C1NCCCCC1Nc1nc(-c2cccnc2)nc2scc(-c3ccccc3)c12. The molecule has 1 aromatic carbocycles. The maximum atomic E-state index is 12.6. The Hall–Kier alpha value is -3.32. The Morgan fingerprint density at radius 2 is 1.90 bits per heavy atom. The lowest BCUT2D eigenvalue weighted by Crippen LogP contribution is -2.38. The van der Waals surface area contributed by atoms with Gasteiger partial charge in [0.2, 0.25) is 5.91 Å². The van der Waals surface area contributed by atoms with E-state index in [0.717, 1.165) is 52.7 Å². The minimum absolute atomic E-state index is 0.0266. The standard InChI is InChI=1S/C23H21N5OS/c29-22-18(10-4-5-12-25-22)26-21-19-17(15-7-2-1-3-8-15)14-30-23(19)28-20(27-21)16-9-6-11-24-13-16/h1-3,6-9,11,13-14,18H,4-5,10,12H2,(H,25,29)(H,26,27,28). The van der Waals surface area contributed by atoms with Crippen LogP contribution in [0.2, 0.25) is 0 Å². The molecule has 1 aliphatic rings. The summed E-state index contributed by atoms with van der Waals surface area (Å²) in [7, 11) is 0. The van der Waals surface area contributed by atoms with Gasteiger partial charge in [-0.25, -0.2) is 9.97 Å². The van der Waals surface area contributed by atoms with Gasteiger partial charge < -0.3 is 10.6 Å². The highest BCUT2D eigenvalue weighted by Gasteiger charge is 2.24. The first-order chi connectivity index (χ1) is 14.8. The van der Waals surface area contributed by atoms with Gasteiger partial charge in [-0.3, -0.25) is 9.78 Å². The highest BCUT2D eigenvalue weighted by atomic mass is 32.1. The molecule has 3 aromatic heterocycles. The van der Waals surface area contributed by atoms with Crippen molar-refractivity contribution >= 4 is 33.3 Å². The van der Waals surface area contributed by atoms with Crippen molar-refractivity contribution in [1.82, 2.24) is 20.3 Å². The van der Waals surface area contributed by atoms with E-state index in [2.05, 4.69) is 33.1 Å². The van der Waals surface area contributed by atoms with Crippen LogP contribution in [0.15, 0.2) is 60.2 Å². The van der Waals surface area contributed by atoms with Crippen molar-refractivity contribution < 1.29 is 4.79 Å². The zero-order valence-electron chi connectivity index (χ0n) is 16.3. The predicted molar refractivity (Wildman–Crippen MR) is 120 cm³/mol. The molecule has 0 bridgehead atoms. The molecule has 1 fully saturated rings. The van der Waals surface area contributed by atoms with Gasteiger partial charge in [-0.1, -0.05) is 30.3 Å². The van der Waals surface area contributed by atoms with Gasteiger partial charge in [0.05, 0.1) is 5.39 Å². The maximum Gasteiger partial charge on any atom is 0.242 e. The van der Waals surface area contributed by atoms with Crippen LogP contribution < -0.4 is 10.6 Å². The number of rotatable bonds is 4. The summed E-state index contributed by atoms with van der Waals surface area (Å²) in [5.74, 6) is 1.33. The van der Waals surface area contributed by atoms with Crippen molar-refractivity contribution in [2.75, 3.05) is 11.9 Å². The average molecular weight is 416 g/mol. The molecular weight excluding hydrogens is 394 g/mol. The Morgan fingerprint density at radius 1 is 1.03 bits per heavy atom. The molecule has 30 heavy (non-hydrogen) atoms. The molecule has 1 unspecified atom stereocenters. The zero-order chi connectivity index (χ0) is 20.3. The zero-order valence-corrected chi connectivity index (χ0v) is 17.2. The first kappa shape index (κ1) is 18.7. The number of amides is 1. The van der Waals surface area contributed by atoms with E-state index in [0.29, 0.717) is 11.6 Å². The monoisotopic (exact) mass is 415 g/mol. The maximum absolute atomic E-state index is 12.6. The number of hydrogen-bond acceptors (Lipinski definition) is 6. The average Bonchev–Trinajstić information content (AvgIpc) is 3.13. The Balaban J connectivity index is 1.66. The molecule has 0 radical (unpaired) electrons.